The molecule has 0 radical (unpaired) electrons. The van der Waals surface area contributed by atoms with Crippen LogP contribution in [0.3, 0.4) is 0 Å². The van der Waals surface area contributed by atoms with Gasteiger partial charge in [-0.3, -0.25) is 9.69 Å². The number of fused-ring (bicyclic) bond motifs is 1. The van der Waals surface area contributed by atoms with Crippen molar-refractivity contribution in [1.82, 2.24) is 15.2 Å². The van der Waals surface area contributed by atoms with Crippen molar-refractivity contribution in [1.29, 1.82) is 0 Å². The Hall–Kier alpha value is -2.25. The van der Waals surface area contributed by atoms with Crippen LogP contribution in [-0.2, 0) is 9.53 Å². The van der Waals surface area contributed by atoms with Gasteiger partial charge in [-0.05, 0) is 36.1 Å². The summed E-state index contributed by atoms with van der Waals surface area (Å²) in [6.07, 6.45) is 2.76. The molecule has 138 valence electrons. The third-order valence-electron chi connectivity index (χ3n) is 4.18. The summed E-state index contributed by atoms with van der Waals surface area (Å²) in [5.74, 6) is 0.979. The number of aromatic nitrogens is 1. The zero-order chi connectivity index (χ0) is 18.7. The number of methoxy groups -OCH3 is 1. The lowest BCUT2D eigenvalue weighted by atomic mass is 10.0. The molecule has 1 aromatic heterocycles. The lowest BCUT2D eigenvalue weighted by Gasteiger charge is -2.23. The number of rotatable bonds is 6. The summed E-state index contributed by atoms with van der Waals surface area (Å²) in [5.41, 5.74) is 4.16. The second-order valence-electron chi connectivity index (χ2n) is 6.83. The molecule has 1 amide bonds. The standard InChI is InChI=1S/C19H24N4O2S/c1-12(2)7-14(10-25-4)21-19-22-16(18(24)23(19)3)8-13-5-6-15-17(9-13)26-11-20-15/h5-6,8-9,11-12,14H,7,10H2,1-4H3,(H,21,22)/b16-8-/t14-/m1/s1. The van der Waals surface area contributed by atoms with E-state index in [-0.39, 0.29) is 11.9 Å². The minimum atomic E-state index is -0.113. The predicted octanol–water partition coefficient (Wildman–Crippen LogP) is 3.12. The maximum absolute atomic E-state index is 12.6. The Bertz CT molecular complexity index is 856. The summed E-state index contributed by atoms with van der Waals surface area (Å²) in [6.45, 7) is 4.90. The highest BCUT2D eigenvalue weighted by Gasteiger charge is 2.28. The number of likely N-dealkylation sites (N-methyl/N-ethyl adjacent to an activating group) is 1. The Morgan fingerprint density at radius 2 is 2.19 bits per heavy atom. The number of thiazole rings is 1. The monoisotopic (exact) mass is 372 g/mol. The molecule has 0 saturated heterocycles. The molecule has 1 atom stereocenters. The molecular weight excluding hydrogens is 348 g/mol. The number of nitrogens with one attached hydrogen (secondary N) is 1. The normalized spacial score (nSPS) is 17.4. The summed E-state index contributed by atoms with van der Waals surface area (Å²) >= 11 is 1.58. The Balaban J connectivity index is 1.82. The van der Waals surface area contributed by atoms with Gasteiger partial charge in [0.2, 0.25) is 5.96 Å². The molecule has 6 nitrogen and oxygen atoms in total. The maximum atomic E-state index is 12.6. The van der Waals surface area contributed by atoms with Crippen molar-refractivity contribution in [2.45, 2.75) is 26.3 Å². The fourth-order valence-corrected chi connectivity index (χ4v) is 3.69. The summed E-state index contributed by atoms with van der Waals surface area (Å²) in [4.78, 5) is 22.9. The first-order valence-corrected chi connectivity index (χ1v) is 9.53. The zero-order valence-corrected chi connectivity index (χ0v) is 16.3. The van der Waals surface area contributed by atoms with Gasteiger partial charge in [-0.15, -0.1) is 11.3 Å². The molecule has 0 bridgehead atoms. The van der Waals surface area contributed by atoms with Gasteiger partial charge in [0.15, 0.2) is 0 Å². The number of hydrogen-bond donors (Lipinski definition) is 1. The summed E-state index contributed by atoms with van der Waals surface area (Å²) in [5, 5.41) is 3.35. The van der Waals surface area contributed by atoms with Gasteiger partial charge in [0.1, 0.15) is 5.70 Å². The van der Waals surface area contributed by atoms with Gasteiger partial charge in [0.25, 0.3) is 5.91 Å². The van der Waals surface area contributed by atoms with Gasteiger partial charge in [0.05, 0.1) is 28.4 Å². The number of hydrogen-bond acceptors (Lipinski definition) is 6. The highest BCUT2D eigenvalue weighted by atomic mass is 32.1. The molecule has 26 heavy (non-hydrogen) atoms. The highest BCUT2D eigenvalue weighted by Crippen LogP contribution is 2.22. The van der Waals surface area contributed by atoms with Gasteiger partial charge in [-0.1, -0.05) is 19.9 Å². The topological polar surface area (TPSA) is 66.8 Å². The first-order chi connectivity index (χ1) is 12.5. The molecule has 2 aromatic rings. The van der Waals surface area contributed by atoms with E-state index in [0.717, 1.165) is 22.2 Å². The number of guanidine groups is 1. The fourth-order valence-electron chi connectivity index (χ4n) is 2.97. The minimum Gasteiger partial charge on any atom is -0.383 e. The Labute approximate surface area is 157 Å². The van der Waals surface area contributed by atoms with Crippen molar-refractivity contribution in [3.63, 3.8) is 0 Å². The zero-order valence-electron chi connectivity index (χ0n) is 15.5. The van der Waals surface area contributed by atoms with Gasteiger partial charge in [-0.2, -0.15) is 0 Å². The van der Waals surface area contributed by atoms with Crippen LogP contribution in [0, 0.1) is 5.92 Å². The first kappa shape index (κ1) is 18.5. The molecule has 0 fully saturated rings. The van der Waals surface area contributed by atoms with Gasteiger partial charge < -0.3 is 10.1 Å². The van der Waals surface area contributed by atoms with Gasteiger partial charge in [-0.25, -0.2) is 9.98 Å². The number of carbonyl (C=O) groups excluding carboxylic acids is 1. The Kier molecular flexibility index (Phi) is 5.68. The van der Waals surface area contributed by atoms with Crippen molar-refractivity contribution in [2.75, 3.05) is 20.8 Å². The Morgan fingerprint density at radius 3 is 2.92 bits per heavy atom. The average Bonchev–Trinajstić information content (AvgIpc) is 3.15. The lowest BCUT2D eigenvalue weighted by Crippen LogP contribution is -2.45. The molecule has 7 heteroatoms. The van der Waals surface area contributed by atoms with E-state index in [1.165, 1.54) is 0 Å². The third kappa shape index (κ3) is 4.11. The summed E-state index contributed by atoms with van der Waals surface area (Å²) < 4.78 is 6.39. The van der Waals surface area contributed by atoms with Crippen LogP contribution in [-0.4, -0.2) is 48.6 Å². The van der Waals surface area contributed by atoms with Crippen LogP contribution in [0.2, 0.25) is 0 Å². The summed E-state index contributed by atoms with van der Waals surface area (Å²) in [6, 6.07) is 6.06. The van der Waals surface area contributed by atoms with Crippen LogP contribution < -0.4 is 5.32 Å². The molecule has 2 heterocycles. The Morgan fingerprint density at radius 1 is 1.38 bits per heavy atom. The molecule has 1 aliphatic rings. The van der Waals surface area contributed by atoms with Crippen LogP contribution in [0.25, 0.3) is 16.3 Å². The van der Waals surface area contributed by atoms with E-state index in [4.69, 9.17) is 4.74 Å². The van der Waals surface area contributed by atoms with E-state index in [2.05, 4.69) is 29.1 Å². The van der Waals surface area contributed by atoms with Gasteiger partial charge in [0, 0.05) is 14.2 Å². The van der Waals surface area contributed by atoms with E-state index in [1.807, 2.05) is 29.8 Å². The van der Waals surface area contributed by atoms with Crippen LogP contribution in [0.1, 0.15) is 25.8 Å². The molecule has 1 aromatic carbocycles. The van der Waals surface area contributed by atoms with Crippen LogP contribution >= 0.6 is 11.3 Å². The van der Waals surface area contributed by atoms with E-state index in [1.54, 1.807) is 30.4 Å². The smallest absolute Gasteiger partial charge is 0.279 e. The molecule has 0 saturated carbocycles. The molecule has 0 unspecified atom stereocenters. The van der Waals surface area contributed by atoms with Crippen LogP contribution in [0.15, 0.2) is 34.4 Å². The summed E-state index contributed by atoms with van der Waals surface area (Å²) in [7, 11) is 3.42. The molecular formula is C19H24N4O2S. The number of carbonyl (C=O) groups is 1. The van der Waals surface area contributed by atoms with E-state index in [9.17, 15) is 4.79 Å². The van der Waals surface area contributed by atoms with E-state index < -0.39 is 0 Å². The number of nitrogens with zero attached hydrogens (tertiary/aromatic N) is 3. The van der Waals surface area contributed by atoms with Crippen LogP contribution in [0.5, 0.6) is 0 Å². The van der Waals surface area contributed by atoms with E-state index >= 15 is 0 Å². The van der Waals surface area contributed by atoms with E-state index in [0.29, 0.717) is 24.2 Å². The maximum Gasteiger partial charge on any atom is 0.279 e. The molecule has 0 aliphatic carbocycles. The quantitative estimate of drug-likeness (QED) is 0.791. The predicted molar refractivity (Wildman–Crippen MR) is 106 cm³/mol. The SMILES string of the molecule is COC[C@@H](CC(C)C)NC1=N/C(=C\c2ccc3ncsc3c2)C(=O)N1C. The third-order valence-corrected chi connectivity index (χ3v) is 4.98. The van der Waals surface area contributed by atoms with Crippen molar-refractivity contribution >= 4 is 39.5 Å². The van der Waals surface area contributed by atoms with Crippen molar-refractivity contribution in [3.8, 4) is 0 Å². The van der Waals surface area contributed by atoms with Gasteiger partial charge >= 0.3 is 0 Å². The lowest BCUT2D eigenvalue weighted by molar-refractivity contribution is -0.121. The highest BCUT2D eigenvalue weighted by molar-refractivity contribution is 7.16. The first-order valence-electron chi connectivity index (χ1n) is 8.65. The fraction of sp³-hybridized carbons (Fsp3) is 0.421. The van der Waals surface area contributed by atoms with Crippen molar-refractivity contribution < 1.29 is 9.53 Å². The molecule has 1 aliphatic heterocycles. The number of benzene rings is 1. The second kappa shape index (κ2) is 7.97. The minimum absolute atomic E-state index is 0.113. The van der Waals surface area contributed by atoms with Crippen molar-refractivity contribution in [2.24, 2.45) is 10.9 Å². The second-order valence-corrected chi connectivity index (χ2v) is 7.72. The molecule has 0 spiro atoms. The number of aliphatic imine (C=N–C) groups is 1. The van der Waals surface area contributed by atoms with Crippen molar-refractivity contribution in [3.05, 3.63) is 35.0 Å². The van der Waals surface area contributed by atoms with Crippen LogP contribution in [0.4, 0.5) is 0 Å². The largest absolute Gasteiger partial charge is 0.383 e. The number of ether oxygens (including phenoxy) is 1. The molecule has 1 N–H and O–H groups in total. The number of amides is 1. The average molecular weight is 372 g/mol. The molecule has 3 rings (SSSR count).